The van der Waals surface area contributed by atoms with Crippen molar-refractivity contribution in [2.45, 2.75) is 57.5 Å². The van der Waals surface area contributed by atoms with Gasteiger partial charge in [0.15, 0.2) is 11.1 Å². The highest BCUT2D eigenvalue weighted by molar-refractivity contribution is 8.00. The van der Waals surface area contributed by atoms with E-state index in [0.717, 1.165) is 56.0 Å². The van der Waals surface area contributed by atoms with Crippen LogP contribution in [0.15, 0.2) is 10.1 Å². The maximum absolute atomic E-state index is 4.51. The second kappa shape index (κ2) is 11.2. The van der Waals surface area contributed by atoms with E-state index in [9.17, 15) is 0 Å². The van der Waals surface area contributed by atoms with Gasteiger partial charge in [-0.25, -0.2) is 0 Å². The molecule has 154 valence electrons. The molecule has 27 heavy (non-hydrogen) atoms. The van der Waals surface area contributed by atoms with E-state index in [0.29, 0.717) is 17.1 Å². The van der Waals surface area contributed by atoms with Crippen LogP contribution in [0.1, 0.15) is 39.9 Å². The normalized spacial score (nSPS) is 18.6. The Morgan fingerprint density at radius 2 is 2.11 bits per heavy atom. The number of hydrogen-bond donors (Lipinski definition) is 1. The van der Waals surface area contributed by atoms with E-state index in [1.165, 1.54) is 5.75 Å². The summed E-state index contributed by atoms with van der Waals surface area (Å²) in [6, 6.07) is 0. The van der Waals surface area contributed by atoms with Crippen LogP contribution in [0.2, 0.25) is 0 Å². The molecule has 1 aliphatic heterocycles. The Morgan fingerprint density at radius 3 is 2.74 bits per heavy atom. The van der Waals surface area contributed by atoms with E-state index in [-0.39, 0.29) is 0 Å². The van der Waals surface area contributed by atoms with Gasteiger partial charge in [0.1, 0.15) is 5.82 Å². The van der Waals surface area contributed by atoms with Crippen LogP contribution in [-0.2, 0) is 13.0 Å². The van der Waals surface area contributed by atoms with Gasteiger partial charge < -0.3 is 14.8 Å². The fourth-order valence-electron chi connectivity index (χ4n) is 3.25. The minimum Gasteiger partial charge on any atom is -0.356 e. The molecule has 0 aromatic carbocycles. The molecule has 1 aromatic heterocycles. The number of aliphatic imine (C=N–C) groups is 1. The summed E-state index contributed by atoms with van der Waals surface area (Å²) in [5.74, 6) is 4.61. The first kappa shape index (κ1) is 22.4. The zero-order valence-corrected chi connectivity index (χ0v) is 19.4. The van der Waals surface area contributed by atoms with Crippen LogP contribution >= 0.6 is 23.5 Å². The number of nitrogens with zero attached hydrogens (tertiary/aromatic N) is 5. The number of aromatic nitrogens is 3. The molecular weight excluding hydrogens is 376 g/mol. The van der Waals surface area contributed by atoms with Gasteiger partial charge in [0.25, 0.3) is 0 Å². The molecule has 1 saturated heterocycles. The van der Waals surface area contributed by atoms with Gasteiger partial charge in [0.05, 0.1) is 0 Å². The van der Waals surface area contributed by atoms with E-state index in [2.05, 4.69) is 75.7 Å². The summed E-state index contributed by atoms with van der Waals surface area (Å²) in [6.45, 7) is 13.2. The minimum atomic E-state index is 0.591. The van der Waals surface area contributed by atoms with Crippen LogP contribution in [-0.4, -0.2) is 69.6 Å². The zero-order chi connectivity index (χ0) is 19.8. The summed E-state index contributed by atoms with van der Waals surface area (Å²) in [6.07, 6.45) is 4.03. The summed E-state index contributed by atoms with van der Waals surface area (Å²) in [7, 11) is 1.89. The van der Waals surface area contributed by atoms with E-state index in [4.69, 9.17) is 0 Å². The van der Waals surface area contributed by atoms with Crippen molar-refractivity contribution < 1.29 is 0 Å². The standard InChI is InChI=1S/C19H36N6S2/c1-14(2)12-25-17(22-23-19(25)26-6)8-7-9-21-18(20-5)24-10-11-27-16(13-24)15(3)4/h14-16H,7-13H2,1-6H3,(H,20,21). The van der Waals surface area contributed by atoms with E-state index < -0.39 is 0 Å². The van der Waals surface area contributed by atoms with Crippen molar-refractivity contribution in [3.63, 3.8) is 0 Å². The topological polar surface area (TPSA) is 58.3 Å². The molecule has 1 fully saturated rings. The third-order valence-corrected chi connectivity index (χ3v) is 6.94. The molecular formula is C19H36N6S2. The Morgan fingerprint density at radius 1 is 1.33 bits per heavy atom. The predicted octanol–water partition coefficient (Wildman–Crippen LogP) is 3.24. The van der Waals surface area contributed by atoms with Gasteiger partial charge in [-0.3, -0.25) is 4.99 Å². The van der Waals surface area contributed by atoms with Gasteiger partial charge >= 0.3 is 0 Å². The van der Waals surface area contributed by atoms with Gasteiger partial charge in [-0.15, -0.1) is 10.2 Å². The van der Waals surface area contributed by atoms with Gasteiger partial charge in [0.2, 0.25) is 0 Å². The SMILES string of the molecule is CN=C(NCCCc1nnc(SC)n1CC(C)C)N1CCSC(C(C)C)C1. The van der Waals surface area contributed by atoms with E-state index in [1.807, 2.05) is 7.05 Å². The lowest BCUT2D eigenvalue weighted by Gasteiger charge is -2.36. The van der Waals surface area contributed by atoms with E-state index in [1.54, 1.807) is 11.8 Å². The number of nitrogens with one attached hydrogen (secondary N) is 1. The highest BCUT2D eigenvalue weighted by atomic mass is 32.2. The van der Waals surface area contributed by atoms with Crippen molar-refractivity contribution >= 4 is 29.5 Å². The predicted molar refractivity (Wildman–Crippen MR) is 119 cm³/mol. The Labute approximate surface area is 173 Å². The summed E-state index contributed by atoms with van der Waals surface area (Å²) in [5.41, 5.74) is 0. The molecule has 1 atom stereocenters. The molecule has 0 radical (unpaired) electrons. The van der Waals surface area contributed by atoms with Crippen molar-refractivity contribution in [3.05, 3.63) is 5.82 Å². The Kier molecular flexibility index (Phi) is 9.29. The Hall–Kier alpha value is -0.890. The first-order valence-electron chi connectivity index (χ1n) is 9.99. The second-order valence-corrected chi connectivity index (χ2v) is 9.90. The fraction of sp³-hybridized carbons (Fsp3) is 0.842. The van der Waals surface area contributed by atoms with Crippen LogP contribution in [0.4, 0.5) is 0 Å². The smallest absolute Gasteiger partial charge is 0.193 e. The molecule has 1 N–H and O–H groups in total. The minimum absolute atomic E-state index is 0.591. The highest BCUT2D eigenvalue weighted by Crippen LogP contribution is 2.24. The summed E-state index contributed by atoms with van der Waals surface area (Å²) in [5, 5.41) is 14.0. The molecule has 1 aromatic rings. The summed E-state index contributed by atoms with van der Waals surface area (Å²) < 4.78 is 2.28. The summed E-state index contributed by atoms with van der Waals surface area (Å²) in [4.78, 5) is 6.92. The number of rotatable bonds is 8. The molecule has 2 rings (SSSR count). The molecule has 6 nitrogen and oxygen atoms in total. The maximum atomic E-state index is 4.51. The van der Waals surface area contributed by atoms with Crippen LogP contribution < -0.4 is 5.32 Å². The lowest BCUT2D eigenvalue weighted by atomic mass is 10.1. The second-order valence-electron chi connectivity index (χ2n) is 7.78. The molecule has 0 bridgehead atoms. The first-order chi connectivity index (χ1) is 13.0. The monoisotopic (exact) mass is 412 g/mol. The number of thioether (sulfide) groups is 2. The van der Waals surface area contributed by atoms with Crippen LogP contribution in [0.3, 0.4) is 0 Å². The summed E-state index contributed by atoms with van der Waals surface area (Å²) >= 11 is 3.77. The van der Waals surface area contributed by atoms with Crippen LogP contribution in [0, 0.1) is 11.8 Å². The average molecular weight is 413 g/mol. The molecule has 0 aliphatic carbocycles. The number of aryl methyl sites for hydroxylation is 1. The van der Waals surface area contributed by atoms with Gasteiger partial charge in [-0.1, -0.05) is 39.5 Å². The van der Waals surface area contributed by atoms with Crippen molar-refractivity contribution in [1.29, 1.82) is 0 Å². The third-order valence-electron chi connectivity index (χ3n) is 4.73. The van der Waals surface area contributed by atoms with E-state index >= 15 is 0 Å². The third kappa shape index (κ3) is 6.59. The molecule has 0 amide bonds. The Bertz CT molecular complexity index is 599. The number of hydrogen-bond acceptors (Lipinski definition) is 5. The van der Waals surface area contributed by atoms with Crippen molar-refractivity contribution in [1.82, 2.24) is 25.0 Å². The highest BCUT2D eigenvalue weighted by Gasteiger charge is 2.24. The first-order valence-corrected chi connectivity index (χ1v) is 12.3. The molecule has 1 unspecified atom stereocenters. The average Bonchev–Trinajstić information content (AvgIpc) is 3.03. The van der Waals surface area contributed by atoms with Gasteiger partial charge in [-0.2, -0.15) is 11.8 Å². The quantitative estimate of drug-likeness (QED) is 0.306. The molecule has 2 heterocycles. The van der Waals surface area contributed by atoms with Crippen LogP contribution in [0.5, 0.6) is 0 Å². The lowest BCUT2D eigenvalue weighted by molar-refractivity contribution is 0.380. The van der Waals surface area contributed by atoms with Gasteiger partial charge in [-0.05, 0) is 24.5 Å². The zero-order valence-electron chi connectivity index (χ0n) is 17.7. The van der Waals surface area contributed by atoms with Crippen molar-refractivity contribution in [3.8, 4) is 0 Å². The van der Waals surface area contributed by atoms with Crippen LogP contribution in [0.25, 0.3) is 0 Å². The Balaban J connectivity index is 1.84. The molecule has 0 saturated carbocycles. The lowest BCUT2D eigenvalue weighted by Crippen LogP contribution is -2.49. The van der Waals surface area contributed by atoms with Crippen molar-refractivity contribution in [2.24, 2.45) is 16.8 Å². The number of guanidine groups is 1. The molecule has 1 aliphatic rings. The fourth-order valence-corrected chi connectivity index (χ4v) is 5.08. The van der Waals surface area contributed by atoms with Crippen molar-refractivity contribution in [2.75, 3.05) is 38.7 Å². The molecule has 8 heteroatoms. The van der Waals surface area contributed by atoms with Gasteiger partial charge in [0, 0.05) is 50.7 Å². The maximum Gasteiger partial charge on any atom is 0.193 e. The molecule has 0 spiro atoms. The largest absolute Gasteiger partial charge is 0.356 e.